The average Bonchev–Trinajstić information content (AvgIpc) is 3.43. The first kappa shape index (κ1) is 39.0. The van der Waals surface area contributed by atoms with Gasteiger partial charge in [0.2, 0.25) is 0 Å². The lowest BCUT2D eigenvalue weighted by molar-refractivity contribution is 0.195. The first-order valence-electron chi connectivity index (χ1n) is 22.5. The first-order chi connectivity index (χ1) is 28.4. The molecule has 6 aromatic carbocycles. The van der Waals surface area contributed by atoms with Crippen LogP contribution in [0.15, 0.2) is 127 Å². The van der Waals surface area contributed by atoms with Crippen molar-refractivity contribution >= 4 is 68.6 Å². The zero-order valence-corrected chi connectivity index (χ0v) is 37.9. The quantitative estimate of drug-likeness (QED) is 0.165. The van der Waals surface area contributed by atoms with Gasteiger partial charge in [0.1, 0.15) is 0 Å². The molecule has 0 saturated heterocycles. The van der Waals surface area contributed by atoms with Crippen LogP contribution in [0.2, 0.25) is 0 Å². The maximum Gasteiger partial charge on any atom is 0.252 e. The number of para-hydroxylation sites is 2. The molecule has 3 nitrogen and oxygen atoms in total. The fourth-order valence-electron chi connectivity index (χ4n) is 11.4. The van der Waals surface area contributed by atoms with Crippen molar-refractivity contribution in [1.82, 2.24) is 0 Å². The van der Waals surface area contributed by atoms with Crippen LogP contribution in [-0.4, -0.2) is 12.3 Å². The van der Waals surface area contributed by atoms with E-state index in [2.05, 4.69) is 218 Å². The largest absolute Gasteiger partial charge is 0.335 e. The lowest BCUT2D eigenvalue weighted by Crippen LogP contribution is -2.64. The van der Waals surface area contributed by atoms with Gasteiger partial charge in [0, 0.05) is 50.9 Å². The zero-order chi connectivity index (χ0) is 42.1. The van der Waals surface area contributed by atoms with Crippen molar-refractivity contribution in [2.45, 2.75) is 129 Å². The molecule has 3 heterocycles. The van der Waals surface area contributed by atoms with Crippen molar-refractivity contribution in [3.63, 3.8) is 0 Å². The summed E-state index contributed by atoms with van der Waals surface area (Å²) in [5.74, 6) is 0. The maximum atomic E-state index is 2.86. The van der Waals surface area contributed by atoms with Crippen LogP contribution in [0.5, 0.6) is 0 Å². The molecule has 3 aliphatic heterocycles. The summed E-state index contributed by atoms with van der Waals surface area (Å²) in [6.45, 7) is 26.2. The SMILES string of the molecule is CC(C)(C)c1ccc(N(c2ccc(C(C)(C)C)cc2)c2ccc3c(c2)N(c2ccccc2)c2cc(C(C)(C)C)cc4c2B3c2cccc3c2N4C2(C)CCCCC32C)cc1. The van der Waals surface area contributed by atoms with E-state index in [0.29, 0.717) is 0 Å². The summed E-state index contributed by atoms with van der Waals surface area (Å²) in [6, 6.07) is 49.4. The highest BCUT2D eigenvalue weighted by atomic mass is 15.3. The zero-order valence-electron chi connectivity index (χ0n) is 37.9. The van der Waals surface area contributed by atoms with Gasteiger partial charge >= 0.3 is 0 Å². The third-order valence-corrected chi connectivity index (χ3v) is 15.1. The van der Waals surface area contributed by atoms with Gasteiger partial charge in [-0.25, -0.2) is 0 Å². The Morgan fingerprint density at radius 1 is 0.517 bits per heavy atom. The van der Waals surface area contributed by atoms with Crippen molar-refractivity contribution in [3.05, 3.63) is 150 Å². The molecule has 6 aromatic rings. The molecule has 304 valence electrons. The maximum absolute atomic E-state index is 2.86. The van der Waals surface area contributed by atoms with E-state index >= 15 is 0 Å². The van der Waals surface area contributed by atoms with E-state index in [0.717, 1.165) is 17.1 Å². The topological polar surface area (TPSA) is 9.72 Å². The van der Waals surface area contributed by atoms with Crippen LogP contribution in [-0.2, 0) is 21.7 Å². The molecule has 0 N–H and O–H groups in total. The summed E-state index contributed by atoms with van der Waals surface area (Å²) in [6.07, 6.45) is 4.98. The normalized spacial score (nSPS) is 20.4. The highest BCUT2D eigenvalue weighted by molar-refractivity contribution is 7.00. The van der Waals surface area contributed by atoms with Gasteiger partial charge in [-0.1, -0.05) is 149 Å². The van der Waals surface area contributed by atoms with E-state index in [1.54, 1.807) is 5.56 Å². The number of hydrogen-bond donors (Lipinski definition) is 0. The molecule has 1 saturated carbocycles. The monoisotopic (exact) mass is 788 g/mol. The van der Waals surface area contributed by atoms with Crippen molar-refractivity contribution in [1.29, 1.82) is 0 Å². The fraction of sp³-hybridized carbons (Fsp3) is 0.357. The number of benzene rings is 6. The Labute approximate surface area is 360 Å². The van der Waals surface area contributed by atoms with Gasteiger partial charge < -0.3 is 14.7 Å². The van der Waals surface area contributed by atoms with E-state index in [4.69, 9.17) is 0 Å². The highest BCUT2D eigenvalue weighted by Crippen LogP contribution is 2.62. The smallest absolute Gasteiger partial charge is 0.252 e. The summed E-state index contributed by atoms with van der Waals surface area (Å²) in [5.41, 5.74) is 20.1. The highest BCUT2D eigenvalue weighted by Gasteiger charge is 2.61. The van der Waals surface area contributed by atoms with Crippen LogP contribution in [0.25, 0.3) is 0 Å². The van der Waals surface area contributed by atoms with Crippen LogP contribution >= 0.6 is 0 Å². The second-order valence-electron chi connectivity index (χ2n) is 21.8. The summed E-state index contributed by atoms with van der Waals surface area (Å²) in [5, 5.41) is 0. The van der Waals surface area contributed by atoms with Gasteiger partial charge in [0.15, 0.2) is 0 Å². The van der Waals surface area contributed by atoms with Crippen LogP contribution < -0.4 is 31.1 Å². The van der Waals surface area contributed by atoms with Crippen LogP contribution in [0.4, 0.5) is 45.5 Å². The minimum absolute atomic E-state index is 0.00771. The van der Waals surface area contributed by atoms with Crippen LogP contribution in [0.3, 0.4) is 0 Å². The van der Waals surface area contributed by atoms with Gasteiger partial charge in [0.25, 0.3) is 6.71 Å². The van der Waals surface area contributed by atoms with Gasteiger partial charge in [0.05, 0.1) is 5.54 Å². The molecule has 0 radical (unpaired) electrons. The van der Waals surface area contributed by atoms with Gasteiger partial charge in [-0.15, -0.1) is 0 Å². The molecule has 10 rings (SSSR count). The predicted molar refractivity (Wildman–Crippen MR) is 259 cm³/mol. The lowest BCUT2D eigenvalue weighted by atomic mass is 9.33. The Bertz CT molecular complexity index is 2580. The molecule has 4 aliphatic rings. The Balaban J connectivity index is 1.25. The number of fused-ring (bicyclic) bond motifs is 7. The molecule has 0 aromatic heterocycles. The van der Waals surface area contributed by atoms with Crippen molar-refractivity contribution in [2.75, 3.05) is 14.7 Å². The summed E-state index contributed by atoms with van der Waals surface area (Å²) >= 11 is 0. The number of anilines is 8. The third-order valence-electron chi connectivity index (χ3n) is 15.1. The van der Waals surface area contributed by atoms with Gasteiger partial charge in [-0.3, -0.25) is 0 Å². The van der Waals surface area contributed by atoms with Gasteiger partial charge in [-0.05, 0) is 135 Å². The summed E-state index contributed by atoms with van der Waals surface area (Å²) < 4.78 is 0. The molecule has 1 aliphatic carbocycles. The minimum atomic E-state index is -0.0446. The molecule has 0 spiro atoms. The standard InChI is InChI=1S/C56H62BN3/c1-52(2,3)37-22-26-41(27-23-37)58(42-28-24-38(25-29-42)53(4,5)6)43-30-31-45-47(36-43)59(40-18-13-12-14-19-40)48-34-39(54(7,8)9)35-49-50(48)57(45)46-21-17-20-44-51(46)60(49)56(11)33-16-15-32-55(44,56)10/h12-14,17-31,34-36H,15-16,32-33H2,1-11H3. The van der Waals surface area contributed by atoms with E-state index < -0.39 is 0 Å². The third kappa shape index (κ3) is 5.69. The molecule has 4 heteroatoms. The number of rotatable bonds is 4. The molecular formula is C56H62BN3. The van der Waals surface area contributed by atoms with Crippen molar-refractivity contribution in [2.24, 2.45) is 0 Å². The molecule has 0 amide bonds. The summed E-state index contributed by atoms with van der Waals surface area (Å²) in [4.78, 5) is 7.92. The van der Waals surface area contributed by atoms with E-state index in [1.165, 1.54) is 87.2 Å². The summed E-state index contributed by atoms with van der Waals surface area (Å²) in [7, 11) is 0. The Kier molecular flexibility index (Phi) is 8.53. The molecule has 1 fully saturated rings. The van der Waals surface area contributed by atoms with E-state index in [9.17, 15) is 0 Å². The first-order valence-corrected chi connectivity index (χ1v) is 22.5. The number of nitrogens with zero attached hydrogens (tertiary/aromatic N) is 3. The second-order valence-corrected chi connectivity index (χ2v) is 21.8. The molecular weight excluding hydrogens is 725 g/mol. The number of hydrogen-bond acceptors (Lipinski definition) is 3. The lowest BCUT2D eigenvalue weighted by Gasteiger charge is -2.53. The minimum Gasteiger partial charge on any atom is -0.335 e. The average molecular weight is 788 g/mol. The van der Waals surface area contributed by atoms with Crippen molar-refractivity contribution < 1.29 is 0 Å². The Morgan fingerprint density at radius 3 is 1.68 bits per heavy atom. The van der Waals surface area contributed by atoms with Crippen LogP contribution in [0.1, 0.15) is 124 Å². The van der Waals surface area contributed by atoms with Crippen LogP contribution in [0, 0.1) is 0 Å². The Morgan fingerprint density at radius 2 is 1.08 bits per heavy atom. The Hall–Kier alpha value is -5.22. The van der Waals surface area contributed by atoms with Crippen molar-refractivity contribution in [3.8, 4) is 0 Å². The molecule has 0 bridgehead atoms. The molecule has 2 unspecified atom stereocenters. The predicted octanol–water partition coefficient (Wildman–Crippen LogP) is 13.4. The van der Waals surface area contributed by atoms with E-state index in [-0.39, 0.29) is 33.9 Å². The fourth-order valence-corrected chi connectivity index (χ4v) is 11.4. The molecule has 60 heavy (non-hydrogen) atoms. The van der Waals surface area contributed by atoms with Gasteiger partial charge in [-0.2, -0.15) is 0 Å². The second kappa shape index (κ2) is 13.1. The van der Waals surface area contributed by atoms with E-state index in [1.807, 2.05) is 0 Å². The molecule has 2 atom stereocenters.